The fourth-order valence-corrected chi connectivity index (χ4v) is 1.48. The number of carbonyl (C=O) groups is 1. The van der Waals surface area contributed by atoms with Crippen molar-refractivity contribution in [1.82, 2.24) is 4.98 Å². The van der Waals surface area contributed by atoms with E-state index >= 15 is 0 Å². The largest absolute Gasteiger partial charge is 0.381 e. The van der Waals surface area contributed by atoms with Crippen molar-refractivity contribution in [2.75, 3.05) is 5.32 Å². The summed E-state index contributed by atoms with van der Waals surface area (Å²) < 4.78 is 12.7. The van der Waals surface area contributed by atoms with Crippen molar-refractivity contribution >= 4 is 11.6 Å². The number of benzene rings is 1. The second-order valence-electron chi connectivity index (χ2n) is 3.77. The van der Waals surface area contributed by atoms with E-state index in [0.717, 1.165) is 11.3 Å². The predicted molar refractivity (Wildman–Crippen MR) is 66.5 cm³/mol. The van der Waals surface area contributed by atoms with Gasteiger partial charge in [0, 0.05) is 18.4 Å². The van der Waals surface area contributed by atoms with Gasteiger partial charge in [-0.3, -0.25) is 9.78 Å². The molecule has 0 fully saturated rings. The monoisotopic (exact) mass is 245 g/mol. The minimum atomic E-state index is -0.569. The molecule has 92 valence electrons. The molecule has 0 aliphatic heterocycles. The van der Waals surface area contributed by atoms with E-state index in [0.29, 0.717) is 6.54 Å². The van der Waals surface area contributed by atoms with Gasteiger partial charge in [-0.2, -0.15) is 0 Å². The average Bonchev–Trinajstić information content (AvgIpc) is 2.38. The van der Waals surface area contributed by atoms with E-state index in [2.05, 4.69) is 10.3 Å². The number of pyridine rings is 1. The molecule has 1 aromatic carbocycles. The smallest absolute Gasteiger partial charge is 0.267 e. The molecule has 3 N–H and O–H groups in total. The van der Waals surface area contributed by atoms with Gasteiger partial charge in [0.1, 0.15) is 11.5 Å². The Kier molecular flexibility index (Phi) is 3.52. The lowest BCUT2D eigenvalue weighted by molar-refractivity contribution is 0.0995. The lowest BCUT2D eigenvalue weighted by Crippen LogP contribution is -2.13. The summed E-state index contributed by atoms with van der Waals surface area (Å²) in [4.78, 5) is 14.8. The van der Waals surface area contributed by atoms with E-state index in [1.165, 1.54) is 18.3 Å². The number of nitrogens with two attached hydrogens (primary N) is 1. The zero-order valence-electron chi connectivity index (χ0n) is 9.56. The van der Waals surface area contributed by atoms with Crippen LogP contribution in [-0.2, 0) is 6.54 Å². The van der Waals surface area contributed by atoms with Gasteiger partial charge in [0.25, 0.3) is 5.91 Å². The van der Waals surface area contributed by atoms with Crippen molar-refractivity contribution in [3.05, 3.63) is 59.7 Å². The molecule has 1 heterocycles. The molecule has 0 aliphatic carbocycles. The molecule has 0 spiro atoms. The molecule has 0 saturated heterocycles. The molecule has 0 atom stereocenters. The summed E-state index contributed by atoms with van der Waals surface area (Å²) in [5, 5.41) is 3.11. The van der Waals surface area contributed by atoms with Gasteiger partial charge < -0.3 is 11.1 Å². The number of aromatic nitrogens is 1. The SMILES string of the molecule is NC(=O)c1cc(NCc2ccc(F)cc2)ccn1. The Morgan fingerprint density at radius 3 is 2.67 bits per heavy atom. The molecule has 18 heavy (non-hydrogen) atoms. The van der Waals surface area contributed by atoms with Crippen molar-refractivity contribution in [3.8, 4) is 0 Å². The van der Waals surface area contributed by atoms with Crippen molar-refractivity contribution in [2.45, 2.75) is 6.54 Å². The number of halogens is 1. The standard InChI is InChI=1S/C13H12FN3O/c14-10-3-1-9(2-4-10)8-17-11-5-6-16-12(7-11)13(15)18/h1-7H,8H2,(H2,15,18)(H,16,17). The number of nitrogens with one attached hydrogen (secondary N) is 1. The molecule has 0 saturated carbocycles. The topological polar surface area (TPSA) is 68.0 Å². The fourth-order valence-electron chi connectivity index (χ4n) is 1.48. The minimum absolute atomic E-state index is 0.208. The van der Waals surface area contributed by atoms with Crippen LogP contribution in [0.4, 0.5) is 10.1 Å². The molecule has 2 rings (SSSR count). The number of hydrogen-bond donors (Lipinski definition) is 2. The van der Waals surface area contributed by atoms with Crippen LogP contribution in [0.2, 0.25) is 0 Å². The third-order valence-corrected chi connectivity index (χ3v) is 2.42. The molecular formula is C13H12FN3O. The first-order valence-corrected chi connectivity index (χ1v) is 5.39. The fraction of sp³-hybridized carbons (Fsp3) is 0.0769. The maximum absolute atomic E-state index is 12.7. The van der Waals surface area contributed by atoms with Gasteiger partial charge in [0.15, 0.2) is 0 Å². The predicted octanol–water partition coefficient (Wildman–Crippen LogP) is 1.93. The van der Waals surface area contributed by atoms with Crippen LogP contribution in [0.1, 0.15) is 16.1 Å². The Bertz CT molecular complexity index is 554. The number of carbonyl (C=O) groups excluding carboxylic acids is 1. The summed E-state index contributed by atoms with van der Waals surface area (Å²) in [5.41, 5.74) is 7.02. The number of amides is 1. The normalized spacial score (nSPS) is 10.1. The summed E-state index contributed by atoms with van der Waals surface area (Å²) >= 11 is 0. The number of anilines is 1. The van der Waals surface area contributed by atoms with Crippen LogP contribution in [0.5, 0.6) is 0 Å². The molecule has 0 aliphatic rings. The van der Waals surface area contributed by atoms with Crippen LogP contribution < -0.4 is 11.1 Å². The first-order chi connectivity index (χ1) is 8.65. The van der Waals surface area contributed by atoms with Crippen LogP contribution in [-0.4, -0.2) is 10.9 Å². The van der Waals surface area contributed by atoms with Gasteiger partial charge in [0.2, 0.25) is 0 Å². The van der Waals surface area contributed by atoms with E-state index in [1.807, 2.05) is 0 Å². The maximum Gasteiger partial charge on any atom is 0.267 e. The first-order valence-electron chi connectivity index (χ1n) is 5.39. The Labute approximate surface area is 104 Å². The molecule has 5 heteroatoms. The Hall–Kier alpha value is -2.43. The molecule has 0 unspecified atom stereocenters. The summed E-state index contributed by atoms with van der Waals surface area (Å²) in [5.74, 6) is -0.834. The van der Waals surface area contributed by atoms with Crippen molar-refractivity contribution in [1.29, 1.82) is 0 Å². The van der Waals surface area contributed by atoms with Gasteiger partial charge in [-0.05, 0) is 29.8 Å². The molecular weight excluding hydrogens is 233 g/mol. The van der Waals surface area contributed by atoms with Gasteiger partial charge in [-0.1, -0.05) is 12.1 Å². The molecule has 1 amide bonds. The Morgan fingerprint density at radius 1 is 1.28 bits per heavy atom. The second-order valence-corrected chi connectivity index (χ2v) is 3.77. The van der Waals surface area contributed by atoms with Crippen molar-refractivity contribution < 1.29 is 9.18 Å². The summed E-state index contributed by atoms with van der Waals surface area (Å²) in [6.07, 6.45) is 1.51. The average molecular weight is 245 g/mol. The van der Waals surface area contributed by atoms with Crippen LogP contribution >= 0.6 is 0 Å². The van der Waals surface area contributed by atoms with E-state index in [1.54, 1.807) is 24.3 Å². The maximum atomic E-state index is 12.7. The summed E-state index contributed by atoms with van der Waals surface area (Å²) in [7, 11) is 0. The third kappa shape index (κ3) is 3.04. The van der Waals surface area contributed by atoms with Crippen LogP contribution in [0, 0.1) is 5.82 Å². The third-order valence-electron chi connectivity index (χ3n) is 2.42. The summed E-state index contributed by atoms with van der Waals surface area (Å²) in [6.45, 7) is 0.530. The van der Waals surface area contributed by atoms with Crippen LogP contribution in [0.25, 0.3) is 0 Å². The van der Waals surface area contributed by atoms with E-state index < -0.39 is 5.91 Å². The zero-order valence-corrected chi connectivity index (χ0v) is 9.56. The molecule has 1 aromatic heterocycles. The summed E-state index contributed by atoms with van der Waals surface area (Å²) in [6, 6.07) is 9.50. The lowest BCUT2D eigenvalue weighted by Gasteiger charge is -2.07. The minimum Gasteiger partial charge on any atom is -0.381 e. The first kappa shape index (κ1) is 12.0. The van der Waals surface area contributed by atoms with E-state index in [-0.39, 0.29) is 11.5 Å². The van der Waals surface area contributed by atoms with Gasteiger partial charge in [0.05, 0.1) is 0 Å². The van der Waals surface area contributed by atoms with Crippen LogP contribution in [0.3, 0.4) is 0 Å². The number of primary amides is 1. The Balaban J connectivity index is 2.04. The van der Waals surface area contributed by atoms with E-state index in [9.17, 15) is 9.18 Å². The number of rotatable bonds is 4. The highest BCUT2D eigenvalue weighted by Gasteiger charge is 2.02. The highest BCUT2D eigenvalue weighted by atomic mass is 19.1. The number of hydrogen-bond acceptors (Lipinski definition) is 3. The lowest BCUT2D eigenvalue weighted by atomic mass is 10.2. The highest BCUT2D eigenvalue weighted by molar-refractivity contribution is 5.91. The zero-order chi connectivity index (χ0) is 13.0. The van der Waals surface area contributed by atoms with Crippen molar-refractivity contribution in [3.63, 3.8) is 0 Å². The molecule has 2 aromatic rings. The molecule has 4 nitrogen and oxygen atoms in total. The van der Waals surface area contributed by atoms with Gasteiger partial charge >= 0.3 is 0 Å². The van der Waals surface area contributed by atoms with Crippen molar-refractivity contribution in [2.24, 2.45) is 5.73 Å². The quantitative estimate of drug-likeness (QED) is 0.864. The Morgan fingerprint density at radius 2 is 2.00 bits per heavy atom. The number of nitrogens with zero attached hydrogens (tertiary/aromatic N) is 1. The van der Waals surface area contributed by atoms with E-state index in [4.69, 9.17) is 5.73 Å². The molecule has 0 bridgehead atoms. The van der Waals surface area contributed by atoms with Gasteiger partial charge in [-0.25, -0.2) is 4.39 Å². The molecule has 0 radical (unpaired) electrons. The van der Waals surface area contributed by atoms with Crippen LogP contribution in [0.15, 0.2) is 42.6 Å². The van der Waals surface area contributed by atoms with Gasteiger partial charge in [-0.15, -0.1) is 0 Å². The highest BCUT2D eigenvalue weighted by Crippen LogP contribution is 2.10. The second kappa shape index (κ2) is 5.27.